The molecule has 1 aliphatic carbocycles. The van der Waals surface area contributed by atoms with E-state index in [1.54, 1.807) is 14.2 Å². The monoisotopic (exact) mass is 438 g/mol. The zero-order chi connectivity index (χ0) is 21.8. The van der Waals surface area contributed by atoms with Crippen LogP contribution in [0.2, 0.25) is 5.02 Å². The van der Waals surface area contributed by atoms with Crippen LogP contribution in [-0.4, -0.2) is 81.0 Å². The maximum atomic E-state index is 13.0. The Bertz CT molecular complexity index is 715. The van der Waals surface area contributed by atoms with Gasteiger partial charge in [-0.1, -0.05) is 11.6 Å². The van der Waals surface area contributed by atoms with E-state index < -0.39 is 0 Å². The van der Waals surface area contributed by atoms with Gasteiger partial charge in [-0.05, 0) is 75.9 Å². The molecule has 30 heavy (non-hydrogen) atoms. The Morgan fingerprint density at radius 1 is 1.10 bits per heavy atom. The highest BCUT2D eigenvalue weighted by Crippen LogP contribution is 2.32. The predicted octanol–water partition coefficient (Wildman–Crippen LogP) is 3.45. The van der Waals surface area contributed by atoms with Crippen molar-refractivity contribution < 1.29 is 19.0 Å². The van der Waals surface area contributed by atoms with E-state index in [1.165, 1.54) is 12.8 Å². The molecule has 1 aliphatic heterocycles. The number of aryl methyl sites for hydroxylation is 2. The molecule has 1 aromatic carbocycles. The molecule has 0 N–H and O–H groups in total. The van der Waals surface area contributed by atoms with Gasteiger partial charge in [0.25, 0.3) is 5.91 Å². The fourth-order valence-electron chi connectivity index (χ4n) is 4.89. The lowest BCUT2D eigenvalue weighted by Crippen LogP contribution is -2.59. The van der Waals surface area contributed by atoms with Crippen molar-refractivity contribution in [1.82, 2.24) is 9.80 Å². The van der Waals surface area contributed by atoms with Gasteiger partial charge in [0.05, 0.1) is 12.2 Å². The fourth-order valence-corrected chi connectivity index (χ4v) is 5.00. The number of carbonyl (C=O) groups excluding carboxylic acids is 1. The largest absolute Gasteiger partial charge is 0.484 e. The minimum atomic E-state index is -0.0276. The van der Waals surface area contributed by atoms with E-state index in [9.17, 15) is 4.79 Å². The van der Waals surface area contributed by atoms with Crippen molar-refractivity contribution in [3.8, 4) is 5.75 Å². The lowest BCUT2D eigenvalue weighted by Gasteiger charge is -2.47. The molecule has 2 fully saturated rings. The molecule has 0 bridgehead atoms. The molecule has 1 amide bonds. The first-order valence-electron chi connectivity index (χ1n) is 10.8. The second-order valence-electron chi connectivity index (χ2n) is 8.56. The van der Waals surface area contributed by atoms with E-state index in [0.29, 0.717) is 5.75 Å². The summed E-state index contributed by atoms with van der Waals surface area (Å²) in [6.07, 6.45) is 4.09. The van der Waals surface area contributed by atoms with Gasteiger partial charge in [0.2, 0.25) is 0 Å². The Morgan fingerprint density at radius 3 is 2.23 bits per heavy atom. The number of likely N-dealkylation sites (tertiary alicyclic amines) is 1. The SMILES string of the molecule is CO[C@H]1C[C@@H](N2CCCC2)[C@H](N(C)C(=O)COc2cc(C)c(Cl)c(C)c2)C[C@H]1OC. The molecule has 0 spiro atoms. The average Bonchev–Trinajstić information content (AvgIpc) is 3.28. The zero-order valence-corrected chi connectivity index (χ0v) is 19.6. The summed E-state index contributed by atoms with van der Waals surface area (Å²) in [6.45, 7) is 6.05. The first kappa shape index (κ1) is 23.3. The standard InChI is InChI=1S/C23H35ClN2O4/c1-15-10-17(11-16(2)23(15)24)30-14-22(27)25(3)18-12-20(28-4)21(29-5)13-19(18)26-8-6-7-9-26/h10-11,18-21H,6-9,12-14H2,1-5H3/t18-,19-,20-,21+/m1/s1. The normalized spacial score (nSPS) is 27.3. The number of halogens is 1. The summed E-state index contributed by atoms with van der Waals surface area (Å²) >= 11 is 6.24. The summed E-state index contributed by atoms with van der Waals surface area (Å²) in [5.74, 6) is 0.644. The summed E-state index contributed by atoms with van der Waals surface area (Å²) in [5.41, 5.74) is 1.89. The van der Waals surface area contributed by atoms with Crippen LogP contribution in [0.15, 0.2) is 12.1 Å². The van der Waals surface area contributed by atoms with Gasteiger partial charge in [0, 0.05) is 38.4 Å². The second kappa shape index (κ2) is 10.3. The number of methoxy groups -OCH3 is 2. The number of likely N-dealkylation sites (N-methyl/N-ethyl adjacent to an activating group) is 1. The third kappa shape index (κ3) is 5.10. The van der Waals surface area contributed by atoms with Gasteiger partial charge in [0.15, 0.2) is 6.61 Å². The van der Waals surface area contributed by atoms with Crippen molar-refractivity contribution in [2.24, 2.45) is 0 Å². The fraction of sp³-hybridized carbons (Fsp3) is 0.696. The Labute approximate surface area is 185 Å². The van der Waals surface area contributed by atoms with E-state index in [2.05, 4.69) is 4.90 Å². The molecular formula is C23H35ClN2O4. The van der Waals surface area contributed by atoms with Gasteiger partial charge in [-0.15, -0.1) is 0 Å². The number of hydrogen-bond acceptors (Lipinski definition) is 5. The molecule has 1 heterocycles. The van der Waals surface area contributed by atoms with Crippen LogP contribution in [0.1, 0.15) is 36.8 Å². The first-order chi connectivity index (χ1) is 14.3. The van der Waals surface area contributed by atoms with Crippen molar-refractivity contribution in [2.75, 3.05) is 41.0 Å². The molecule has 2 aliphatic rings. The third-order valence-electron chi connectivity index (χ3n) is 6.68. The molecule has 168 valence electrons. The van der Waals surface area contributed by atoms with E-state index in [4.69, 9.17) is 25.8 Å². The number of benzene rings is 1. The predicted molar refractivity (Wildman–Crippen MR) is 118 cm³/mol. The van der Waals surface area contributed by atoms with Crippen molar-refractivity contribution in [3.05, 3.63) is 28.3 Å². The van der Waals surface area contributed by atoms with Crippen molar-refractivity contribution >= 4 is 17.5 Å². The van der Waals surface area contributed by atoms with Crippen LogP contribution < -0.4 is 4.74 Å². The topological polar surface area (TPSA) is 51.2 Å². The quantitative estimate of drug-likeness (QED) is 0.652. The van der Waals surface area contributed by atoms with Gasteiger partial charge >= 0.3 is 0 Å². The van der Waals surface area contributed by atoms with Crippen LogP contribution in [0, 0.1) is 13.8 Å². The molecule has 1 saturated heterocycles. The molecule has 0 aromatic heterocycles. The lowest BCUT2D eigenvalue weighted by molar-refractivity contribution is -0.142. The van der Waals surface area contributed by atoms with E-state index in [1.807, 2.05) is 37.9 Å². The van der Waals surface area contributed by atoms with E-state index in [-0.39, 0.29) is 36.8 Å². The Hall–Kier alpha value is -1.34. The molecule has 1 aromatic rings. The maximum Gasteiger partial charge on any atom is 0.260 e. The van der Waals surface area contributed by atoms with Crippen molar-refractivity contribution in [2.45, 2.75) is 63.8 Å². The van der Waals surface area contributed by atoms with Gasteiger partial charge < -0.3 is 19.1 Å². The highest BCUT2D eigenvalue weighted by Gasteiger charge is 2.43. The third-order valence-corrected chi connectivity index (χ3v) is 7.28. The first-order valence-corrected chi connectivity index (χ1v) is 11.2. The van der Waals surface area contributed by atoms with Crippen LogP contribution in [0.25, 0.3) is 0 Å². The summed E-state index contributed by atoms with van der Waals surface area (Å²) < 4.78 is 17.3. The number of hydrogen-bond donors (Lipinski definition) is 0. The molecule has 6 nitrogen and oxygen atoms in total. The number of carbonyl (C=O) groups is 1. The molecule has 1 saturated carbocycles. The van der Waals surface area contributed by atoms with Crippen molar-refractivity contribution in [3.63, 3.8) is 0 Å². The minimum Gasteiger partial charge on any atom is -0.484 e. The summed E-state index contributed by atoms with van der Waals surface area (Å²) in [5, 5.41) is 0.736. The Morgan fingerprint density at radius 2 is 1.67 bits per heavy atom. The molecular weight excluding hydrogens is 404 g/mol. The molecule has 0 radical (unpaired) electrons. The highest BCUT2D eigenvalue weighted by atomic mass is 35.5. The number of nitrogens with zero attached hydrogens (tertiary/aromatic N) is 2. The smallest absolute Gasteiger partial charge is 0.260 e. The Balaban J connectivity index is 1.69. The molecule has 0 unspecified atom stereocenters. The van der Waals surface area contributed by atoms with Crippen LogP contribution in [0.3, 0.4) is 0 Å². The van der Waals surface area contributed by atoms with Crippen LogP contribution in [0.4, 0.5) is 0 Å². The molecule has 4 atom stereocenters. The van der Waals surface area contributed by atoms with Crippen molar-refractivity contribution in [1.29, 1.82) is 0 Å². The lowest BCUT2D eigenvalue weighted by atomic mass is 9.84. The summed E-state index contributed by atoms with van der Waals surface area (Å²) in [4.78, 5) is 17.4. The molecule has 3 rings (SSSR count). The van der Waals surface area contributed by atoms with Crippen LogP contribution in [0.5, 0.6) is 5.75 Å². The number of ether oxygens (including phenoxy) is 3. The van der Waals surface area contributed by atoms with Gasteiger partial charge in [-0.2, -0.15) is 0 Å². The maximum absolute atomic E-state index is 13.0. The van der Waals surface area contributed by atoms with E-state index >= 15 is 0 Å². The molecule has 7 heteroatoms. The highest BCUT2D eigenvalue weighted by molar-refractivity contribution is 6.32. The minimum absolute atomic E-state index is 0.00554. The van der Waals surface area contributed by atoms with E-state index in [0.717, 1.165) is 42.1 Å². The van der Waals surface area contributed by atoms with Crippen LogP contribution >= 0.6 is 11.6 Å². The summed E-state index contributed by atoms with van der Waals surface area (Å²) in [6, 6.07) is 4.10. The van der Waals surface area contributed by atoms with Crippen LogP contribution in [-0.2, 0) is 14.3 Å². The zero-order valence-electron chi connectivity index (χ0n) is 18.8. The number of amides is 1. The average molecular weight is 439 g/mol. The Kier molecular flexibility index (Phi) is 8.02. The number of rotatable bonds is 7. The van der Waals surface area contributed by atoms with Gasteiger partial charge in [-0.25, -0.2) is 0 Å². The summed E-state index contributed by atoms with van der Waals surface area (Å²) in [7, 11) is 5.36. The van der Waals surface area contributed by atoms with Gasteiger partial charge in [-0.3, -0.25) is 9.69 Å². The second-order valence-corrected chi connectivity index (χ2v) is 8.94. The van der Waals surface area contributed by atoms with Gasteiger partial charge in [0.1, 0.15) is 5.75 Å².